The topological polar surface area (TPSA) is 24.6 Å². The first kappa shape index (κ1) is 8.06. The number of hydrogen-bond acceptors (Lipinski definition) is 1. The summed E-state index contributed by atoms with van der Waals surface area (Å²) in [5, 5.41) is 9.17. The Balaban J connectivity index is 3.27. The minimum absolute atomic E-state index is 0.141. The highest BCUT2D eigenvalue weighted by Crippen LogP contribution is 2.28. The Morgan fingerprint density at radius 1 is 1.55 bits per heavy atom. The predicted octanol–water partition coefficient (Wildman–Crippen LogP) is 2.38. The predicted molar refractivity (Wildman–Crippen MR) is 43.6 cm³/mol. The van der Waals surface area contributed by atoms with E-state index in [1.54, 1.807) is 18.2 Å². The molecule has 1 aromatic rings. The molecule has 0 aliphatic carbocycles. The molecule has 0 heterocycles. The zero-order valence-corrected chi connectivity index (χ0v) is 6.47. The number of para-hydroxylation sites is 1. The van der Waals surface area contributed by atoms with Crippen molar-refractivity contribution in [3.63, 3.8) is 0 Å². The molecule has 0 atom stereocenters. The first-order chi connectivity index (χ1) is 5.29. The Hall–Kier alpha value is -1.04. The standard InChI is InChI=1S/C8H6ClNO/c1-10-8-6(5-11)3-2-4-7(8)9/h2-4,11H,5H2. The Bertz CT molecular complexity index is 303. The van der Waals surface area contributed by atoms with Gasteiger partial charge in [-0.2, -0.15) is 0 Å². The molecule has 0 aromatic heterocycles. The second-order valence-electron chi connectivity index (χ2n) is 2.02. The summed E-state index contributed by atoms with van der Waals surface area (Å²) in [6.07, 6.45) is 0. The van der Waals surface area contributed by atoms with Crippen molar-refractivity contribution in [3.8, 4) is 0 Å². The van der Waals surface area contributed by atoms with Gasteiger partial charge in [0.2, 0.25) is 5.69 Å². The molecule has 1 N–H and O–H groups in total. The number of aliphatic hydroxyl groups is 1. The van der Waals surface area contributed by atoms with E-state index in [1.807, 2.05) is 0 Å². The quantitative estimate of drug-likeness (QED) is 0.639. The van der Waals surface area contributed by atoms with Crippen molar-refractivity contribution in [1.29, 1.82) is 0 Å². The van der Waals surface area contributed by atoms with Crippen LogP contribution in [0.2, 0.25) is 5.02 Å². The molecule has 0 amide bonds. The van der Waals surface area contributed by atoms with Crippen LogP contribution in [0.1, 0.15) is 5.56 Å². The summed E-state index contributed by atoms with van der Waals surface area (Å²) >= 11 is 5.68. The molecule has 0 radical (unpaired) electrons. The zero-order chi connectivity index (χ0) is 8.27. The third kappa shape index (κ3) is 1.51. The first-order valence-corrected chi connectivity index (χ1v) is 3.43. The SMILES string of the molecule is [C-]#[N+]c1c(Cl)cccc1CO. The molecule has 0 unspecified atom stereocenters. The number of halogens is 1. The number of nitrogens with zero attached hydrogens (tertiary/aromatic N) is 1. The van der Waals surface area contributed by atoms with Crippen molar-refractivity contribution < 1.29 is 5.11 Å². The van der Waals surface area contributed by atoms with Crippen molar-refractivity contribution in [2.75, 3.05) is 0 Å². The third-order valence-corrected chi connectivity index (χ3v) is 1.66. The van der Waals surface area contributed by atoms with Gasteiger partial charge in [-0.05, 0) is 5.56 Å². The van der Waals surface area contributed by atoms with Crippen LogP contribution in [0.3, 0.4) is 0 Å². The molecular formula is C8H6ClNO. The lowest BCUT2D eigenvalue weighted by atomic mass is 10.2. The fourth-order valence-corrected chi connectivity index (χ4v) is 1.05. The van der Waals surface area contributed by atoms with Crippen molar-refractivity contribution in [2.24, 2.45) is 0 Å². The Morgan fingerprint density at radius 2 is 2.27 bits per heavy atom. The molecule has 11 heavy (non-hydrogen) atoms. The van der Waals surface area contributed by atoms with E-state index in [1.165, 1.54) is 0 Å². The van der Waals surface area contributed by atoms with Gasteiger partial charge in [0.1, 0.15) is 0 Å². The molecule has 1 aromatic carbocycles. The fraction of sp³-hybridized carbons (Fsp3) is 0.125. The van der Waals surface area contributed by atoms with Crippen LogP contribution in [0.15, 0.2) is 18.2 Å². The van der Waals surface area contributed by atoms with Gasteiger partial charge in [0.25, 0.3) is 0 Å². The number of aliphatic hydroxyl groups excluding tert-OH is 1. The van der Waals surface area contributed by atoms with Gasteiger partial charge in [0.05, 0.1) is 13.2 Å². The number of rotatable bonds is 1. The average Bonchev–Trinajstić information content (AvgIpc) is 2.04. The molecule has 56 valence electrons. The van der Waals surface area contributed by atoms with Crippen LogP contribution in [0, 0.1) is 6.57 Å². The van der Waals surface area contributed by atoms with E-state index in [9.17, 15) is 0 Å². The van der Waals surface area contributed by atoms with Crippen LogP contribution in [-0.4, -0.2) is 5.11 Å². The molecule has 2 nitrogen and oxygen atoms in total. The highest BCUT2D eigenvalue weighted by Gasteiger charge is 2.03. The zero-order valence-electron chi connectivity index (χ0n) is 5.71. The van der Waals surface area contributed by atoms with Crippen LogP contribution in [-0.2, 0) is 6.61 Å². The summed E-state index contributed by atoms with van der Waals surface area (Å²) in [7, 11) is 0. The Morgan fingerprint density at radius 3 is 2.73 bits per heavy atom. The first-order valence-electron chi connectivity index (χ1n) is 3.05. The van der Waals surface area contributed by atoms with Gasteiger partial charge in [-0.25, -0.2) is 4.85 Å². The lowest BCUT2D eigenvalue weighted by Crippen LogP contribution is -1.82. The van der Waals surface area contributed by atoms with Crippen LogP contribution in [0.4, 0.5) is 5.69 Å². The van der Waals surface area contributed by atoms with Crippen LogP contribution in [0.5, 0.6) is 0 Å². The molecule has 3 heteroatoms. The maximum absolute atomic E-state index is 8.77. The molecule has 0 aliphatic rings. The van der Waals surface area contributed by atoms with Gasteiger partial charge in [-0.1, -0.05) is 29.8 Å². The monoisotopic (exact) mass is 167 g/mol. The Kier molecular flexibility index (Phi) is 2.48. The largest absolute Gasteiger partial charge is 0.393 e. The smallest absolute Gasteiger partial charge is 0.210 e. The summed E-state index contributed by atoms with van der Waals surface area (Å²) in [6.45, 7) is 6.62. The van der Waals surface area contributed by atoms with E-state index in [2.05, 4.69) is 4.85 Å². The molecule has 0 aliphatic heterocycles. The maximum Gasteiger partial charge on any atom is 0.210 e. The van der Waals surface area contributed by atoms with E-state index in [4.69, 9.17) is 23.3 Å². The second kappa shape index (κ2) is 3.38. The van der Waals surface area contributed by atoms with Crippen molar-refractivity contribution in [1.82, 2.24) is 0 Å². The van der Waals surface area contributed by atoms with Crippen molar-refractivity contribution >= 4 is 17.3 Å². The van der Waals surface area contributed by atoms with Gasteiger partial charge >= 0.3 is 0 Å². The average molecular weight is 168 g/mol. The molecule has 0 fully saturated rings. The highest BCUT2D eigenvalue weighted by atomic mass is 35.5. The van der Waals surface area contributed by atoms with E-state index in [0.717, 1.165) is 0 Å². The lowest BCUT2D eigenvalue weighted by Gasteiger charge is -1.99. The summed E-state index contributed by atoms with van der Waals surface area (Å²) in [5.41, 5.74) is 0.921. The molecule has 0 bridgehead atoms. The van der Waals surface area contributed by atoms with Gasteiger partial charge in [0.15, 0.2) is 0 Å². The number of hydrogen-bond donors (Lipinski definition) is 1. The van der Waals surface area contributed by atoms with Crippen molar-refractivity contribution in [2.45, 2.75) is 6.61 Å². The van der Waals surface area contributed by atoms with Crippen LogP contribution >= 0.6 is 11.6 Å². The van der Waals surface area contributed by atoms with Crippen LogP contribution < -0.4 is 0 Å². The summed E-state index contributed by atoms with van der Waals surface area (Å²) in [4.78, 5) is 3.20. The van der Waals surface area contributed by atoms with E-state index in [0.29, 0.717) is 16.3 Å². The van der Waals surface area contributed by atoms with Gasteiger partial charge in [-0.3, -0.25) is 0 Å². The normalized spacial score (nSPS) is 9.18. The molecule has 0 spiro atoms. The van der Waals surface area contributed by atoms with Crippen molar-refractivity contribution in [3.05, 3.63) is 40.2 Å². The van der Waals surface area contributed by atoms with E-state index < -0.39 is 0 Å². The minimum atomic E-state index is -0.141. The minimum Gasteiger partial charge on any atom is -0.393 e. The highest BCUT2D eigenvalue weighted by molar-refractivity contribution is 6.33. The van der Waals surface area contributed by atoms with E-state index >= 15 is 0 Å². The van der Waals surface area contributed by atoms with E-state index in [-0.39, 0.29) is 6.61 Å². The summed E-state index contributed by atoms with van der Waals surface area (Å²) < 4.78 is 0. The van der Waals surface area contributed by atoms with Gasteiger partial charge < -0.3 is 5.11 Å². The van der Waals surface area contributed by atoms with Gasteiger partial charge in [-0.15, -0.1) is 0 Å². The molecule has 0 saturated carbocycles. The Labute approximate surface area is 69.9 Å². The van der Waals surface area contributed by atoms with Gasteiger partial charge in [0, 0.05) is 5.02 Å². The lowest BCUT2D eigenvalue weighted by molar-refractivity contribution is 0.282. The summed E-state index contributed by atoms with van der Waals surface area (Å²) in [5.74, 6) is 0. The molecule has 1 rings (SSSR count). The molecule has 0 saturated heterocycles. The third-order valence-electron chi connectivity index (χ3n) is 1.35. The maximum atomic E-state index is 8.77. The van der Waals surface area contributed by atoms with Crippen LogP contribution in [0.25, 0.3) is 4.85 Å². The summed E-state index contributed by atoms with van der Waals surface area (Å²) in [6, 6.07) is 5.02. The number of benzene rings is 1. The molecular weight excluding hydrogens is 162 g/mol. The second-order valence-corrected chi connectivity index (χ2v) is 2.42. The fourth-order valence-electron chi connectivity index (χ4n) is 0.813.